The van der Waals surface area contributed by atoms with E-state index in [1.165, 1.54) is 27.2 Å². The van der Waals surface area contributed by atoms with Crippen molar-refractivity contribution in [3.05, 3.63) is 84.7 Å². The predicted octanol–water partition coefficient (Wildman–Crippen LogP) is 5.50. The Hall–Kier alpha value is -3.73. The van der Waals surface area contributed by atoms with Crippen molar-refractivity contribution in [2.75, 3.05) is 36.0 Å². The van der Waals surface area contributed by atoms with E-state index in [1.54, 1.807) is 0 Å². The lowest BCUT2D eigenvalue weighted by molar-refractivity contribution is 0.530. The van der Waals surface area contributed by atoms with Crippen LogP contribution in [-0.2, 0) is 6.42 Å². The number of rotatable bonds is 4. The fourth-order valence-electron chi connectivity index (χ4n) is 5.28. The van der Waals surface area contributed by atoms with E-state index >= 15 is 0 Å². The molecule has 0 aliphatic carbocycles. The van der Waals surface area contributed by atoms with Crippen LogP contribution in [-0.4, -0.2) is 42.6 Å². The van der Waals surface area contributed by atoms with Crippen molar-refractivity contribution in [3.63, 3.8) is 0 Å². The van der Waals surface area contributed by atoms with Gasteiger partial charge in [0.2, 0.25) is 0 Å². The van der Waals surface area contributed by atoms with Gasteiger partial charge in [-0.05, 0) is 29.7 Å². The minimum Gasteiger partial charge on any atom is -0.367 e. The summed E-state index contributed by atoms with van der Waals surface area (Å²) in [6.45, 7) is 6.02. The third-order valence-corrected chi connectivity index (χ3v) is 7.28. The van der Waals surface area contributed by atoms with Crippen LogP contribution < -0.4 is 9.80 Å². The Morgan fingerprint density at radius 1 is 0.765 bits per heavy atom. The summed E-state index contributed by atoms with van der Waals surface area (Å²) in [5.74, 6) is 1.82. The number of piperazine rings is 1. The summed E-state index contributed by atoms with van der Waals surface area (Å²) >= 11 is 0. The lowest BCUT2D eigenvalue weighted by Crippen LogP contribution is -2.47. The van der Waals surface area contributed by atoms with Gasteiger partial charge in [0.15, 0.2) is 5.82 Å². The van der Waals surface area contributed by atoms with Crippen molar-refractivity contribution in [1.82, 2.24) is 10.2 Å². The molecule has 3 aromatic carbocycles. The molecule has 34 heavy (non-hydrogen) atoms. The number of aliphatic imine (C=N–C) groups is 1. The van der Waals surface area contributed by atoms with Crippen molar-refractivity contribution >= 4 is 39.3 Å². The van der Waals surface area contributed by atoms with E-state index in [0.29, 0.717) is 11.8 Å². The number of allylic oxidation sites excluding steroid dienone is 1. The predicted molar refractivity (Wildman–Crippen MR) is 142 cm³/mol. The van der Waals surface area contributed by atoms with Crippen molar-refractivity contribution < 1.29 is 0 Å². The van der Waals surface area contributed by atoms with E-state index in [0.717, 1.165) is 44.1 Å². The topological polar surface area (TPSA) is 44.6 Å². The summed E-state index contributed by atoms with van der Waals surface area (Å²) in [4.78, 5) is 9.18. The third-order valence-electron chi connectivity index (χ3n) is 7.28. The minimum absolute atomic E-state index is 0.408. The molecule has 0 saturated carbocycles. The van der Waals surface area contributed by atoms with Crippen molar-refractivity contribution in [1.29, 1.82) is 0 Å². The molecule has 5 nitrogen and oxygen atoms in total. The molecular formula is C29H29N5. The highest BCUT2D eigenvalue weighted by Crippen LogP contribution is 2.31. The second kappa shape index (κ2) is 8.90. The first-order valence-electron chi connectivity index (χ1n) is 12.2. The summed E-state index contributed by atoms with van der Waals surface area (Å²) in [5, 5.41) is 14.5. The fraction of sp³-hybridized carbons (Fsp3) is 0.276. The Labute approximate surface area is 200 Å². The van der Waals surface area contributed by atoms with Gasteiger partial charge in [0.1, 0.15) is 0 Å². The molecule has 2 unspecified atom stereocenters. The van der Waals surface area contributed by atoms with Gasteiger partial charge in [0.25, 0.3) is 0 Å². The van der Waals surface area contributed by atoms with Crippen LogP contribution in [0.4, 0.5) is 11.5 Å². The maximum Gasteiger partial charge on any atom is 0.159 e. The van der Waals surface area contributed by atoms with Crippen LogP contribution in [0.3, 0.4) is 0 Å². The zero-order valence-corrected chi connectivity index (χ0v) is 19.5. The first-order chi connectivity index (χ1) is 16.8. The average molecular weight is 448 g/mol. The summed E-state index contributed by atoms with van der Waals surface area (Å²) in [5.41, 5.74) is 2.40. The van der Waals surface area contributed by atoms with Gasteiger partial charge in [-0.3, -0.25) is 4.99 Å². The zero-order valence-electron chi connectivity index (χ0n) is 19.5. The summed E-state index contributed by atoms with van der Waals surface area (Å²) in [6, 6.07) is 23.9. The van der Waals surface area contributed by atoms with Crippen LogP contribution in [0.2, 0.25) is 0 Å². The molecule has 0 radical (unpaired) electrons. The van der Waals surface area contributed by atoms with E-state index in [1.807, 2.05) is 12.4 Å². The molecular weight excluding hydrogens is 418 g/mol. The van der Waals surface area contributed by atoms with E-state index in [2.05, 4.69) is 94.5 Å². The van der Waals surface area contributed by atoms with Crippen molar-refractivity contribution in [2.24, 2.45) is 16.8 Å². The van der Waals surface area contributed by atoms with E-state index < -0.39 is 0 Å². The van der Waals surface area contributed by atoms with Gasteiger partial charge >= 0.3 is 0 Å². The lowest BCUT2D eigenvalue weighted by atomic mass is 9.88. The van der Waals surface area contributed by atoms with Gasteiger partial charge in [-0.1, -0.05) is 73.7 Å². The monoisotopic (exact) mass is 447 g/mol. The van der Waals surface area contributed by atoms with Gasteiger partial charge in [-0.15, -0.1) is 5.10 Å². The molecule has 3 heterocycles. The van der Waals surface area contributed by atoms with Gasteiger partial charge < -0.3 is 9.80 Å². The molecule has 1 fully saturated rings. The first kappa shape index (κ1) is 20.8. The molecule has 6 rings (SSSR count). The Balaban J connectivity index is 1.25. The summed E-state index contributed by atoms with van der Waals surface area (Å²) < 4.78 is 0. The highest BCUT2D eigenvalue weighted by atomic mass is 15.3. The Morgan fingerprint density at radius 3 is 2.29 bits per heavy atom. The molecule has 1 saturated heterocycles. The smallest absolute Gasteiger partial charge is 0.159 e. The normalized spacial score (nSPS) is 20.4. The maximum atomic E-state index is 4.77. The third kappa shape index (κ3) is 3.81. The number of hydrogen-bond donors (Lipinski definition) is 0. The van der Waals surface area contributed by atoms with Crippen LogP contribution in [0.25, 0.3) is 21.5 Å². The number of nitrogens with zero attached hydrogens (tertiary/aromatic N) is 5. The van der Waals surface area contributed by atoms with E-state index in [4.69, 9.17) is 10.2 Å². The molecule has 1 aromatic heterocycles. The SMILES string of the molecule is CC1C=NC=CC1Cc1nnc(N2CCN(c3cccc4ccccc34)CC2)c2ccccc12. The quantitative estimate of drug-likeness (QED) is 0.414. The maximum absolute atomic E-state index is 4.77. The van der Waals surface area contributed by atoms with E-state index in [-0.39, 0.29) is 0 Å². The molecule has 4 aromatic rings. The number of hydrogen-bond acceptors (Lipinski definition) is 5. The standard InChI is InChI=1S/C29H29N5/c1-21-20-30-14-13-23(21)19-27-25-10-4-5-11-26(25)29(32-31-27)34-17-15-33(16-18-34)28-12-6-8-22-7-2-3-9-24(22)28/h2-14,20-21,23H,15-19H2,1H3. The van der Waals surface area contributed by atoms with Crippen LogP contribution >= 0.6 is 0 Å². The van der Waals surface area contributed by atoms with Gasteiger partial charge in [-0.2, -0.15) is 5.10 Å². The second-order valence-electron chi connectivity index (χ2n) is 9.36. The number of anilines is 2. The van der Waals surface area contributed by atoms with E-state index in [9.17, 15) is 0 Å². The average Bonchev–Trinajstić information content (AvgIpc) is 2.90. The van der Waals surface area contributed by atoms with Crippen LogP contribution in [0, 0.1) is 11.8 Å². The largest absolute Gasteiger partial charge is 0.367 e. The Morgan fingerprint density at radius 2 is 1.47 bits per heavy atom. The lowest BCUT2D eigenvalue weighted by Gasteiger charge is -2.37. The van der Waals surface area contributed by atoms with Gasteiger partial charge in [0, 0.05) is 60.4 Å². The first-order valence-corrected chi connectivity index (χ1v) is 12.2. The molecule has 2 atom stereocenters. The molecule has 2 aliphatic rings. The molecule has 0 bridgehead atoms. The highest BCUT2D eigenvalue weighted by Gasteiger charge is 2.23. The molecule has 2 aliphatic heterocycles. The number of fused-ring (bicyclic) bond motifs is 2. The Bertz CT molecular complexity index is 1380. The second-order valence-corrected chi connectivity index (χ2v) is 9.36. The highest BCUT2D eigenvalue weighted by molar-refractivity contribution is 5.95. The number of benzene rings is 3. The van der Waals surface area contributed by atoms with Gasteiger partial charge in [-0.25, -0.2) is 0 Å². The minimum atomic E-state index is 0.408. The zero-order chi connectivity index (χ0) is 22.9. The van der Waals surface area contributed by atoms with Crippen LogP contribution in [0.5, 0.6) is 0 Å². The van der Waals surface area contributed by atoms with Gasteiger partial charge in [0.05, 0.1) is 5.69 Å². The van der Waals surface area contributed by atoms with Crippen molar-refractivity contribution in [3.8, 4) is 0 Å². The van der Waals surface area contributed by atoms with Crippen LogP contribution in [0.1, 0.15) is 12.6 Å². The summed E-state index contributed by atoms with van der Waals surface area (Å²) in [6.07, 6.45) is 7.02. The van der Waals surface area contributed by atoms with Crippen LogP contribution in [0.15, 0.2) is 84.0 Å². The molecule has 0 N–H and O–H groups in total. The fourth-order valence-corrected chi connectivity index (χ4v) is 5.28. The summed E-state index contributed by atoms with van der Waals surface area (Å²) in [7, 11) is 0. The number of aromatic nitrogens is 2. The molecule has 0 amide bonds. The Kier molecular flexibility index (Phi) is 5.46. The molecule has 0 spiro atoms. The molecule has 170 valence electrons. The molecule has 5 heteroatoms. The van der Waals surface area contributed by atoms with Crippen molar-refractivity contribution in [2.45, 2.75) is 13.3 Å².